The lowest BCUT2D eigenvalue weighted by Crippen LogP contribution is -2.28. The highest BCUT2D eigenvalue weighted by Crippen LogP contribution is 2.28. The van der Waals surface area contributed by atoms with E-state index in [2.05, 4.69) is 21.2 Å². The summed E-state index contributed by atoms with van der Waals surface area (Å²) in [6.07, 6.45) is 3.19. The van der Waals surface area contributed by atoms with E-state index in [1.54, 1.807) is 0 Å². The number of aryl methyl sites for hydroxylation is 1. The lowest BCUT2D eigenvalue weighted by atomic mass is 10.1. The third kappa shape index (κ3) is 3.48. The molecule has 0 aliphatic heterocycles. The molecule has 0 spiro atoms. The van der Waals surface area contributed by atoms with E-state index in [4.69, 9.17) is 11.6 Å². The Bertz CT molecular complexity index is 449. The summed E-state index contributed by atoms with van der Waals surface area (Å²) < 4.78 is 0.840. The Kier molecular flexibility index (Phi) is 4.68. The van der Waals surface area contributed by atoms with E-state index in [-0.39, 0.29) is 11.3 Å². The maximum absolute atomic E-state index is 12.1. The Morgan fingerprint density at radius 2 is 2.28 bits per heavy atom. The van der Waals surface area contributed by atoms with Gasteiger partial charge in [0.25, 0.3) is 5.91 Å². The third-order valence-corrected chi connectivity index (χ3v) is 4.48. The monoisotopic (exact) mass is 329 g/mol. The number of halogens is 2. The zero-order chi connectivity index (χ0) is 13.1. The van der Waals surface area contributed by atoms with E-state index < -0.39 is 0 Å². The second kappa shape index (κ2) is 6.07. The summed E-state index contributed by atoms with van der Waals surface area (Å²) >= 11 is 9.48. The van der Waals surface area contributed by atoms with Crippen LogP contribution in [-0.2, 0) is 0 Å². The summed E-state index contributed by atoms with van der Waals surface area (Å²) in [4.78, 5) is 12.1. The molecule has 18 heavy (non-hydrogen) atoms. The van der Waals surface area contributed by atoms with Crippen LogP contribution in [0.1, 0.15) is 35.2 Å². The number of carbonyl (C=O) groups is 1. The summed E-state index contributed by atoms with van der Waals surface area (Å²) in [7, 11) is 0. The van der Waals surface area contributed by atoms with Crippen LogP contribution in [0.15, 0.2) is 22.7 Å². The Labute approximate surface area is 121 Å². The van der Waals surface area contributed by atoms with Gasteiger partial charge in [0.1, 0.15) is 0 Å². The number of hydrogen-bond donors (Lipinski definition) is 1. The van der Waals surface area contributed by atoms with Gasteiger partial charge in [0.2, 0.25) is 0 Å². The number of hydrogen-bond acceptors (Lipinski definition) is 1. The SMILES string of the molecule is Cc1ccc(Br)c(C(=O)NCC2CCC(Cl)C2)c1. The first kappa shape index (κ1) is 13.9. The van der Waals surface area contributed by atoms with Crippen molar-refractivity contribution < 1.29 is 4.79 Å². The van der Waals surface area contributed by atoms with Gasteiger partial charge in [0, 0.05) is 16.4 Å². The summed E-state index contributed by atoms with van der Waals surface area (Å²) in [5, 5.41) is 3.29. The molecule has 0 saturated heterocycles. The predicted octanol–water partition coefficient (Wildman–Crippen LogP) is 3.89. The molecule has 2 atom stereocenters. The van der Waals surface area contributed by atoms with Crippen LogP contribution in [0.25, 0.3) is 0 Å². The van der Waals surface area contributed by atoms with Crippen molar-refractivity contribution in [1.82, 2.24) is 5.32 Å². The topological polar surface area (TPSA) is 29.1 Å². The van der Waals surface area contributed by atoms with Crippen LogP contribution in [0.2, 0.25) is 0 Å². The first-order chi connectivity index (χ1) is 8.56. The van der Waals surface area contributed by atoms with Crippen LogP contribution < -0.4 is 5.32 Å². The molecule has 1 fully saturated rings. The Hall–Kier alpha value is -0.540. The van der Waals surface area contributed by atoms with E-state index in [0.29, 0.717) is 11.5 Å². The zero-order valence-electron chi connectivity index (χ0n) is 10.4. The van der Waals surface area contributed by atoms with Gasteiger partial charge in [-0.25, -0.2) is 0 Å². The first-order valence-electron chi connectivity index (χ1n) is 6.24. The Morgan fingerprint density at radius 3 is 2.94 bits per heavy atom. The van der Waals surface area contributed by atoms with E-state index in [9.17, 15) is 4.79 Å². The Morgan fingerprint density at radius 1 is 1.50 bits per heavy atom. The molecule has 1 N–H and O–H groups in total. The highest BCUT2D eigenvalue weighted by Gasteiger charge is 2.23. The predicted molar refractivity (Wildman–Crippen MR) is 78.2 cm³/mol. The van der Waals surface area contributed by atoms with E-state index in [1.807, 2.05) is 25.1 Å². The minimum Gasteiger partial charge on any atom is -0.352 e. The molecule has 98 valence electrons. The highest BCUT2D eigenvalue weighted by molar-refractivity contribution is 9.10. The van der Waals surface area contributed by atoms with Gasteiger partial charge in [-0.15, -0.1) is 11.6 Å². The molecule has 1 aromatic rings. The number of amides is 1. The fourth-order valence-electron chi connectivity index (χ4n) is 2.34. The fraction of sp³-hybridized carbons (Fsp3) is 0.500. The number of alkyl halides is 1. The lowest BCUT2D eigenvalue weighted by molar-refractivity contribution is 0.0946. The van der Waals surface area contributed by atoms with Crippen molar-refractivity contribution in [2.45, 2.75) is 31.6 Å². The molecule has 0 aromatic heterocycles. The quantitative estimate of drug-likeness (QED) is 0.837. The number of rotatable bonds is 3. The van der Waals surface area contributed by atoms with Gasteiger partial charge in [-0.05, 0) is 60.2 Å². The molecule has 1 aliphatic carbocycles. The van der Waals surface area contributed by atoms with Crippen molar-refractivity contribution in [1.29, 1.82) is 0 Å². The smallest absolute Gasteiger partial charge is 0.252 e. The van der Waals surface area contributed by atoms with Crippen molar-refractivity contribution in [3.05, 3.63) is 33.8 Å². The molecule has 1 aliphatic rings. The number of benzene rings is 1. The molecular weight excluding hydrogens is 314 g/mol. The molecule has 0 radical (unpaired) electrons. The van der Waals surface area contributed by atoms with Crippen molar-refractivity contribution in [2.75, 3.05) is 6.54 Å². The van der Waals surface area contributed by atoms with Crippen molar-refractivity contribution in [2.24, 2.45) is 5.92 Å². The first-order valence-corrected chi connectivity index (χ1v) is 7.47. The maximum atomic E-state index is 12.1. The largest absolute Gasteiger partial charge is 0.352 e. The average Bonchev–Trinajstić information content (AvgIpc) is 2.75. The standard InChI is InChI=1S/C14H17BrClNO/c1-9-2-5-13(15)12(6-9)14(18)17-8-10-3-4-11(16)7-10/h2,5-6,10-11H,3-4,7-8H2,1H3,(H,17,18). The molecule has 4 heteroatoms. The molecule has 0 heterocycles. The second-order valence-corrected chi connectivity index (χ2v) is 6.44. The van der Waals surface area contributed by atoms with Crippen LogP contribution >= 0.6 is 27.5 Å². The van der Waals surface area contributed by atoms with Crippen molar-refractivity contribution in [3.63, 3.8) is 0 Å². The van der Waals surface area contributed by atoms with Crippen molar-refractivity contribution in [3.8, 4) is 0 Å². The molecule has 1 aromatic carbocycles. The molecular formula is C14H17BrClNO. The van der Waals surface area contributed by atoms with Crippen LogP contribution in [-0.4, -0.2) is 17.8 Å². The maximum Gasteiger partial charge on any atom is 0.252 e. The fourth-order valence-corrected chi connectivity index (χ4v) is 3.15. The van der Waals surface area contributed by atoms with Gasteiger partial charge in [0.05, 0.1) is 5.56 Å². The highest BCUT2D eigenvalue weighted by atomic mass is 79.9. The van der Waals surface area contributed by atoms with E-state index in [0.717, 1.165) is 35.8 Å². The van der Waals surface area contributed by atoms with E-state index in [1.165, 1.54) is 0 Å². The number of nitrogens with one attached hydrogen (secondary N) is 1. The molecule has 1 amide bonds. The lowest BCUT2D eigenvalue weighted by Gasteiger charge is -2.12. The van der Waals surface area contributed by atoms with Crippen LogP contribution in [0.5, 0.6) is 0 Å². The van der Waals surface area contributed by atoms with Crippen LogP contribution in [0, 0.1) is 12.8 Å². The zero-order valence-corrected chi connectivity index (χ0v) is 12.7. The summed E-state index contributed by atoms with van der Waals surface area (Å²) in [5.41, 5.74) is 1.79. The van der Waals surface area contributed by atoms with E-state index >= 15 is 0 Å². The molecule has 0 bridgehead atoms. The van der Waals surface area contributed by atoms with Crippen LogP contribution in [0.4, 0.5) is 0 Å². The van der Waals surface area contributed by atoms with Gasteiger partial charge in [-0.3, -0.25) is 4.79 Å². The second-order valence-electron chi connectivity index (χ2n) is 4.97. The number of carbonyl (C=O) groups excluding carboxylic acids is 1. The molecule has 2 nitrogen and oxygen atoms in total. The summed E-state index contributed by atoms with van der Waals surface area (Å²) in [6, 6.07) is 5.79. The summed E-state index contributed by atoms with van der Waals surface area (Å²) in [6.45, 7) is 2.71. The van der Waals surface area contributed by atoms with Gasteiger partial charge in [-0.2, -0.15) is 0 Å². The average molecular weight is 331 g/mol. The normalized spacial score (nSPS) is 23.1. The molecule has 2 unspecified atom stereocenters. The van der Waals surface area contributed by atoms with Crippen LogP contribution in [0.3, 0.4) is 0 Å². The van der Waals surface area contributed by atoms with Crippen molar-refractivity contribution >= 4 is 33.4 Å². The third-order valence-electron chi connectivity index (χ3n) is 3.40. The van der Waals surface area contributed by atoms with Gasteiger partial charge < -0.3 is 5.32 Å². The van der Waals surface area contributed by atoms with Gasteiger partial charge in [-0.1, -0.05) is 11.6 Å². The summed E-state index contributed by atoms with van der Waals surface area (Å²) in [5.74, 6) is 0.517. The molecule has 2 rings (SSSR count). The van der Waals surface area contributed by atoms with Gasteiger partial charge in [0.15, 0.2) is 0 Å². The minimum absolute atomic E-state index is 0.0106. The molecule has 1 saturated carbocycles. The van der Waals surface area contributed by atoms with Gasteiger partial charge >= 0.3 is 0 Å². The Balaban J connectivity index is 1.93. The minimum atomic E-state index is -0.0106.